The third-order valence-corrected chi connectivity index (χ3v) is 6.37. The molecule has 0 bridgehead atoms. The molecule has 0 spiro atoms. The van der Waals surface area contributed by atoms with Crippen molar-refractivity contribution in [2.24, 2.45) is 5.92 Å². The molecule has 1 amide bonds. The summed E-state index contributed by atoms with van der Waals surface area (Å²) in [5.74, 6) is -0.980. The van der Waals surface area contributed by atoms with Crippen molar-refractivity contribution >= 4 is 45.8 Å². The molecule has 2 N–H and O–H groups in total. The van der Waals surface area contributed by atoms with E-state index in [0.717, 1.165) is 26.9 Å². The van der Waals surface area contributed by atoms with E-state index in [0.29, 0.717) is 12.8 Å². The van der Waals surface area contributed by atoms with Crippen LogP contribution in [-0.2, 0) is 4.79 Å². The molecule has 0 unspecified atom stereocenters. The lowest BCUT2D eigenvalue weighted by atomic mass is 9.86. The Morgan fingerprint density at radius 3 is 2.47 bits per heavy atom. The molecular weight excluding hydrogens is 377 g/mol. The lowest BCUT2D eigenvalue weighted by molar-refractivity contribution is -0.142. The van der Waals surface area contributed by atoms with Crippen molar-refractivity contribution < 1.29 is 14.7 Å². The van der Waals surface area contributed by atoms with Crippen molar-refractivity contribution in [3.05, 3.63) is 19.4 Å². The lowest BCUT2D eigenvalue weighted by Gasteiger charge is -2.26. The number of thiophene rings is 1. The highest BCUT2D eigenvalue weighted by molar-refractivity contribution is 14.1. The molecule has 1 aromatic rings. The first kappa shape index (κ1) is 14.8. The quantitative estimate of drug-likeness (QED) is 0.776. The minimum atomic E-state index is -0.715. The van der Waals surface area contributed by atoms with Crippen molar-refractivity contribution in [1.82, 2.24) is 5.32 Å². The van der Waals surface area contributed by atoms with Gasteiger partial charge in [-0.2, -0.15) is 0 Å². The van der Waals surface area contributed by atoms with Crippen LogP contribution in [0.1, 0.15) is 40.9 Å². The lowest BCUT2D eigenvalue weighted by Crippen LogP contribution is -2.38. The second-order valence-corrected chi connectivity index (χ2v) is 6.88. The van der Waals surface area contributed by atoms with E-state index in [2.05, 4.69) is 27.9 Å². The van der Waals surface area contributed by atoms with Crippen molar-refractivity contribution in [1.29, 1.82) is 0 Å². The SMILES string of the molecule is Cc1csc(C(=O)NC2CCC(C(=O)O)CC2)c1I. The first-order chi connectivity index (χ1) is 8.99. The summed E-state index contributed by atoms with van der Waals surface area (Å²) in [6.45, 7) is 1.99. The Morgan fingerprint density at radius 1 is 1.37 bits per heavy atom. The van der Waals surface area contributed by atoms with Gasteiger partial charge in [0.2, 0.25) is 0 Å². The fourth-order valence-corrected chi connectivity index (χ4v) is 4.15. The molecule has 0 saturated heterocycles. The topological polar surface area (TPSA) is 66.4 Å². The first-order valence-electron chi connectivity index (χ1n) is 6.26. The summed E-state index contributed by atoms with van der Waals surface area (Å²) >= 11 is 3.66. The van der Waals surface area contributed by atoms with E-state index in [-0.39, 0.29) is 17.9 Å². The average Bonchev–Trinajstić information content (AvgIpc) is 2.70. The third-order valence-electron chi connectivity index (χ3n) is 3.52. The number of hydrogen-bond donors (Lipinski definition) is 2. The maximum atomic E-state index is 12.1. The smallest absolute Gasteiger partial charge is 0.306 e. The Morgan fingerprint density at radius 2 is 2.00 bits per heavy atom. The number of aryl methyl sites for hydroxylation is 1. The number of aliphatic carboxylic acids is 1. The van der Waals surface area contributed by atoms with E-state index in [1.54, 1.807) is 0 Å². The maximum absolute atomic E-state index is 12.1. The molecule has 1 saturated carbocycles. The van der Waals surface area contributed by atoms with Gasteiger partial charge in [0.1, 0.15) is 4.88 Å². The predicted octanol–water partition coefficient (Wildman–Crippen LogP) is 3.03. The fourth-order valence-electron chi connectivity index (χ4n) is 2.32. The first-order valence-corrected chi connectivity index (χ1v) is 8.22. The minimum absolute atomic E-state index is 0.0266. The molecule has 2 rings (SSSR count). The second-order valence-electron chi connectivity index (χ2n) is 4.92. The monoisotopic (exact) mass is 393 g/mol. The molecule has 4 nitrogen and oxygen atoms in total. The van der Waals surface area contributed by atoms with Crippen LogP contribution in [-0.4, -0.2) is 23.0 Å². The van der Waals surface area contributed by atoms with Crippen LogP contribution in [0.2, 0.25) is 0 Å². The standard InChI is InChI=1S/C13H16INO3S/c1-7-6-19-11(10(7)14)12(16)15-9-4-2-8(3-5-9)13(17)18/h6,8-9H,2-5H2,1H3,(H,15,16)(H,17,18). The minimum Gasteiger partial charge on any atom is -0.481 e. The molecule has 104 valence electrons. The van der Waals surface area contributed by atoms with E-state index in [1.807, 2.05) is 12.3 Å². The van der Waals surface area contributed by atoms with Gasteiger partial charge in [-0.1, -0.05) is 0 Å². The van der Waals surface area contributed by atoms with E-state index >= 15 is 0 Å². The number of halogens is 1. The van der Waals surface area contributed by atoms with Gasteiger partial charge in [0.15, 0.2) is 0 Å². The zero-order chi connectivity index (χ0) is 14.0. The molecule has 1 aliphatic carbocycles. The number of amides is 1. The van der Waals surface area contributed by atoms with Crippen LogP contribution < -0.4 is 5.32 Å². The van der Waals surface area contributed by atoms with Crippen LogP contribution in [0.15, 0.2) is 5.38 Å². The number of carbonyl (C=O) groups excluding carboxylic acids is 1. The summed E-state index contributed by atoms with van der Waals surface area (Å²) in [5.41, 5.74) is 1.13. The average molecular weight is 393 g/mol. The van der Waals surface area contributed by atoms with E-state index in [4.69, 9.17) is 5.11 Å². The van der Waals surface area contributed by atoms with Crippen molar-refractivity contribution in [2.45, 2.75) is 38.6 Å². The number of carboxylic acid groups (broad SMARTS) is 1. The predicted molar refractivity (Wildman–Crippen MR) is 82.6 cm³/mol. The molecule has 19 heavy (non-hydrogen) atoms. The second kappa shape index (κ2) is 6.21. The molecule has 6 heteroatoms. The molecule has 0 radical (unpaired) electrons. The number of carbonyl (C=O) groups is 2. The third kappa shape index (κ3) is 3.47. The summed E-state index contributed by atoms with van der Waals surface area (Å²) in [6.07, 6.45) is 2.81. The molecule has 1 aromatic heterocycles. The van der Waals surface area contributed by atoms with Crippen molar-refractivity contribution in [3.63, 3.8) is 0 Å². The highest BCUT2D eigenvalue weighted by atomic mass is 127. The summed E-state index contributed by atoms with van der Waals surface area (Å²) in [7, 11) is 0. The Hall–Kier alpha value is -0.630. The molecule has 0 aromatic carbocycles. The van der Waals surface area contributed by atoms with Gasteiger partial charge in [0, 0.05) is 9.61 Å². The van der Waals surface area contributed by atoms with Gasteiger partial charge in [0.05, 0.1) is 5.92 Å². The molecular formula is C13H16INO3S. The molecule has 1 fully saturated rings. The summed E-state index contributed by atoms with van der Waals surface area (Å²) in [5, 5.41) is 13.9. The van der Waals surface area contributed by atoms with Crippen molar-refractivity contribution in [2.75, 3.05) is 0 Å². The Balaban J connectivity index is 1.91. The molecule has 1 aliphatic rings. The van der Waals surface area contributed by atoms with Gasteiger partial charge in [-0.05, 0) is 66.1 Å². The van der Waals surface area contributed by atoms with Crippen LogP contribution in [0, 0.1) is 16.4 Å². The van der Waals surface area contributed by atoms with Crippen molar-refractivity contribution in [3.8, 4) is 0 Å². The Bertz CT molecular complexity index is 492. The van der Waals surface area contributed by atoms with Gasteiger partial charge in [-0.25, -0.2) is 0 Å². The van der Waals surface area contributed by atoms with E-state index in [9.17, 15) is 9.59 Å². The number of nitrogens with one attached hydrogen (secondary N) is 1. The summed E-state index contributed by atoms with van der Waals surface area (Å²) in [6, 6.07) is 0.112. The summed E-state index contributed by atoms with van der Waals surface area (Å²) < 4.78 is 1.01. The molecule has 0 atom stereocenters. The van der Waals surface area contributed by atoms with Gasteiger partial charge < -0.3 is 10.4 Å². The van der Waals surface area contributed by atoms with E-state index in [1.165, 1.54) is 11.3 Å². The zero-order valence-electron chi connectivity index (χ0n) is 10.6. The Kier molecular flexibility index (Phi) is 4.83. The van der Waals surface area contributed by atoms with Crippen LogP contribution in [0.4, 0.5) is 0 Å². The molecule has 0 aliphatic heterocycles. The highest BCUT2D eigenvalue weighted by Crippen LogP contribution is 2.27. The zero-order valence-corrected chi connectivity index (χ0v) is 13.6. The van der Waals surface area contributed by atoms with Crippen LogP contribution in [0.5, 0.6) is 0 Å². The van der Waals surface area contributed by atoms with Gasteiger partial charge in [-0.3, -0.25) is 9.59 Å². The van der Waals surface area contributed by atoms with Crippen LogP contribution >= 0.6 is 33.9 Å². The highest BCUT2D eigenvalue weighted by Gasteiger charge is 2.27. The summed E-state index contributed by atoms with van der Waals surface area (Å²) in [4.78, 5) is 23.8. The van der Waals surface area contributed by atoms with Crippen LogP contribution in [0.25, 0.3) is 0 Å². The van der Waals surface area contributed by atoms with Crippen LogP contribution in [0.3, 0.4) is 0 Å². The maximum Gasteiger partial charge on any atom is 0.306 e. The molecule has 1 heterocycles. The largest absolute Gasteiger partial charge is 0.481 e. The fraction of sp³-hybridized carbons (Fsp3) is 0.538. The van der Waals surface area contributed by atoms with Gasteiger partial charge in [-0.15, -0.1) is 11.3 Å². The van der Waals surface area contributed by atoms with E-state index < -0.39 is 5.97 Å². The number of rotatable bonds is 3. The number of carboxylic acids is 1. The normalized spacial score (nSPS) is 23.1. The number of hydrogen-bond acceptors (Lipinski definition) is 3. The Labute approximate surface area is 129 Å². The van der Waals surface area contributed by atoms with Gasteiger partial charge in [0.25, 0.3) is 5.91 Å². The van der Waals surface area contributed by atoms with Gasteiger partial charge >= 0.3 is 5.97 Å².